The zero-order chi connectivity index (χ0) is 19.3. The Morgan fingerprint density at radius 1 is 0.857 bits per heavy atom. The summed E-state index contributed by atoms with van der Waals surface area (Å²) >= 11 is 0. The molecule has 3 aromatic heterocycles. The Morgan fingerprint density at radius 2 is 1.68 bits per heavy atom. The minimum Gasteiger partial charge on any atom is -0.307 e. The van der Waals surface area contributed by atoms with E-state index >= 15 is 0 Å². The van der Waals surface area contributed by atoms with Crippen LogP contribution in [-0.4, -0.2) is 4.40 Å². The van der Waals surface area contributed by atoms with Gasteiger partial charge in [-0.15, -0.1) is 0 Å². The Kier molecular flexibility index (Phi) is 2.82. The number of hydrogen-bond acceptors (Lipinski definition) is 0. The average molecular weight is 367 g/mol. The van der Waals surface area contributed by atoms with Gasteiger partial charge in [-0.25, -0.2) is 8.96 Å². The molecule has 0 saturated heterocycles. The molecule has 0 N–H and O–H groups in total. The van der Waals surface area contributed by atoms with Gasteiger partial charge in [0, 0.05) is 16.8 Å². The molecule has 28 heavy (non-hydrogen) atoms. The van der Waals surface area contributed by atoms with E-state index in [1.54, 1.807) is 12.1 Å². The number of benzene rings is 3. The van der Waals surface area contributed by atoms with Gasteiger partial charge in [0.1, 0.15) is 12.9 Å². The van der Waals surface area contributed by atoms with E-state index in [0.29, 0.717) is 0 Å². The highest BCUT2D eigenvalue weighted by Gasteiger charge is 2.25. The standard InChI is InChI=1S/C25H20FN2/c1-13-5-6-20-18(9-13)19-10-14(2)15(3)22-24(19)28(20)21-12-17(26)11-16-7-8-27(4)25(22)23(16)21/h5-12H,1-4H3/q+1. The first kappa shape index (κ1) is 15.8. The van der Waals surface area contributed by atoms with Crippen molar-refractivity contribution in [2.75, 3.05) is 0 Å². The molecule has 0 saturated carbocycles. The molecule has 6 aromatic rings. The first-order chi connectivity index (χ1) is 13.5. The summed E-state index contributed by atoms with van der Waals surface area (Å²) in [4.78, 5) is 0. The van der Waals surface area contributed by atoms with Gasteiger partial charge in [-0.2, -0.15) is 0 Å². The number of halogens is 1. The highest BCUT2D eigenvalue weighted by atomic mass is 19.1. The maximum atomic E-state index is 14.6. The third kappa shape index (κ3) is 1.74. The molecule has 3 heteroatoms. The molecule has 0 radical (unpaired) electrons. The van der Waals surface area contributed by atoms with E-state index < -0.39 is 0 Å². The second kappa shape index (κ2) is 4.99. The Labute approximate surface area is 161 Å². The first-order valence-electron chi connectivity index (χ1n) is 9.63. The second-order valence-electron chi connectivity index (χ2n) is 8.11. The minimum atomic E-state index is -0.198. The molecule has 136 valence electrons. The average Bonchev–Trinajstić information content (AvgIpc) is 2.97. The molecule has 0 unspecified atom stereocenters. The maximum absolute atomic E-state index is 14.6. The molecule has 3 aromatic carbocycles. The quantitative estimate of drug-likeness (QED) is 0.180. The van der Waals surface area contributed by atoms with Crippen LogP contribution < -0.4 is 4.57 Å². The normalized spacial score (nSPS) is 12.5. The summed E-state index contributed by atoms with van der Waals surface area (Å²) in [6, 6.07) is 14.2. The molecular formula is C25H20FN2+. The molecule has 0 bridgehead atoms. The van der Waals surface area contributed by atoms with E-state index in [2.05, 4.69) is 61.1 Å². The van der Waals surface area contributed by atoms with Gasteiger partial charge in [-0.1, -0.05) is 11.6 Å². The third-order valence-electron chi connectivity index (χ3n) is 6.38. The zero-order valence-electron chi connectivity index (χ0n) is 16.4. The van der Waals surface area contributed by atoms with Gasteiger partial charge in [0.15, 0.2) is 6.20 Å². The van der Waals surface area contributed by atoms with Crippen LogP contribution in [0.5, 0.6) is 0 Å². The number of rotatable bonds is 0. The number of pyridine rings is 2. The van der Waals surface area contributed by atoms with Crippen molar-refractivity contribution >= 4 is 49.0 Å². The summed E-state index contributed by atoms with van der Waals surface area (Å²) in [5.41, 5.74) is 8.22. The van der Waals surface area contributed by atoms with E-state index in [4.69, 9.17) is 0 Å². The lowest BCUT2D eigenvalue weighted by molar-refractivity contribution is -0.643. The van der Waals surface area contributed by atoms with Crippen LogP contribution in [-0.2, 0) is 7.05 Å². The van der Waals surface area contributed by atoms with E-state index in [1.165, 1.54) is 43.9 Å². The van der Waals surface area contributed by atoms with Gasteiger partial charge >= 0.3 is 0 Å². The topological polar surface area (TPSA) is 8.29 Å². The Hall–Kier alpha value is -3.20. The summed E-state index contributed by atoms with van der Waals surface area (Å²) in [5.74, 6) is -0.198. The van der Waals surface area contributed by atoms with Crippen LogP contribution in [0.15, 0.2) is 48.7 Å². The molecule has 0 aliphatic heterocycles. The van der Waals surface area contributed by atoms with Gasteiger partial charge in [-0.05, 0) is 67.6 Å². The highest BCUT2D eigenvalue weighted by molar-refractivity contribution is 6.26. The molecule has 3 heterocycles. The smallest absolute Gasteiger partial charge is 0.224 e. The van der Waals surface area contributed by atoms with Crippen LogP contribution in [0, 0.1) is 26.6 Å². The van der Waals surface area contributed by atoms with Crippen LogP contribution in [0.3, 0.4) is 0 Å². The van der Waals surface area contributed by atoms with Crippen LogP contribution in [0.4, 0.5) is 4.39 Å². The number of hydrogen-bond donors (Lipinski definition) is 0. The van der Waals surface area contributed by atoms with Crippen molar-refractivity contribution in [2.24, 2.45) is 7.05 Å². The van der Waals surface area contributed by atoms with E-state index in [-0.39, 0.29) is 5.82 Å². The Bertz CT molecular complexity index is 1600. The zero-order valence-corrected chi connectivity index (χ0v) is 16.4. The molecule has 0 fully saturated rings. The molecule has 0 atom stereocenters. The Morgan fingerprint density at radius 3 is 2.50 bits per heavy atom. The number of nitrogens with zero attached hydrogens (tertiary/aromatic N) is 2. The van der Waals surface area contributed by atoms with Crippen LogP contribution in [0.2, 0.25) is 0 Å². The lowest BCUT2D eigenvalue weighted by atomic mass is 9.96. The lowest BCUT2D eigenvalue weighted by Gasteiger charge is -2.14. The summed E-state index contributed by atoms with van der Waals surface area (Å²) in [6.07, 6.45) is 2.04. The van der Waals surface area contributed by atoms with Crippen molar-refractivity contribution in [3.8, 4) is 0 Å². The van der Waals surface area contributed by atoms with Crippen molar-refractivity contribution in [3.05, 3.63) is 71.2 Å². The number of aromatic nitrogens is 2. The predicted octanol–water partition coefficient (Wildman–Crippen LogP) is 5.88. The fourth-order valence-electron chi connectivity index (χ4n) is 4.98. The van der Waals surface area contributed by atoms with Gasteiger partial charge in [0.2, 0.25) is 5.52 Å². The van der Waals surface area contributed by atoms with Gasteiger partial charge in [0.25, 0.3) is 0 Å². The molecule has 0 aliphatic carbocycles. The van der Waals surface area contributed by atoms with Gasteiger partial charge in [-0.3, -0.25) is 0 Å². The molecule has 2 nitrogen and oxygen atoms in total. The largest absolute Gasteiger partial charge is 0.307 e. The summed E-state index contributed by atoms with van der Waals surface area (Å²) in [7, 11) is 2.08. The number of aryl methyl sites for hydroxylation is 4. The summed E-state index contributed by atoms with van der Waals surface area (Å²) in [5, 5.41) is 5.79. The first-order valence-corrected chi connectivity index (χ1v) is 9.63. The molecule has 0 aliphatic rings. The van der Waals surface area contributed by atoms with Crippen molar-refractivity contribution in [1.82, 2.24) is 4.40 Å². The highest BCUT2D eigenvalue weighted by Crippen LogP contribution is 2.41. The van der Waals surface area contributed by atoms with Gasteiger partial charge < -0.3 is 4.40 Å². The maximum Gasteiger partial charge on any atom is 0.224 e. The van der Waals surface area contributed by atoms with E-state index in [1.807, 2.05) is 12.3 Å². The third-order valence-corrected chi connectivity index (χ3v) is 6.38. The second-order valence-corrected chi connectivity index (χ2v) is 8.11. The monoisotopic (exact) mass is 367 g/mol. The predicted molar refractivity (Wildman–Crippen MR) is 114 cm³/mol. The molecule has 6 rings (SSSR count). The SMILES string of the molecule is Cc1ccc2c(c1)c1cc(C)c(C)c3c1n2c1cc(F)cc2cc[n+](C)c3c21. The fourth-order valence-corrected chi connectivity index (χ4v) is 4.98. The van der Waals surface area contributed by atoms with Crippen molar-refractivity contribution in [3.63, 3.8) is 0 Å². The lowest BCUT2D eigenvalue weighted by Crippen LogP contribution is -2.29. The number of fused-ring (bicyclic) bond motifs is 5. The molecule has 0 spiro atoms. The molecular weight excluding hydrogens is 347 g/mol. The van der Waals surface area contributed by atoms with Crippen molar-refractivity contribution < 1.29 is 8.96 Å². The summed E-state index contributed by atoms with van der Waals surface area (Å²) < 4.78 is 19.0. The van der Waals surface area contributed by atoms with Gasteiger partial charge in [0.05, 0.1) is 27.3 Å². The van der Waals surface area contributed by atoms with Crippen LogP contribution in [0.25, 0.3) is 49.0 Å². The van der Waals surface area contributed by atoms with Crippen LogP contribution in [0.1, 0.15) is 16.7 Å². The van der Waals surface area contributed by atoms with Crippen molar-refractivity contribution in [2.45, 2.75) is 20.8 Å². The summed E-state index contributed by atoms with van der Waals surface area (Å²) in [6.45, 7) is 6.51. The molecule has 0 amide bonds. The van der Waals surface area contributed by atoms with E-state index in [9.17, 15) is 4.39 Å². The van der Waals surface area contributed by atoms with Crippen LogP contribution >= 0.6 is 0 Å². The minimum absolute atomic E-state index is 0.198. The fraction of sp³-hybridized carbons (Fsp3) is 0.160. The van der Waals surface area contributed by atoms with Crippen molar-refractivity contribution in [1.29, 1.82) is 0 Å². The van der Waals surface area contributed by atoms with E-state index in [0.717, 1.165) is 21.8 Å². The Balaban J connectivity index is 2.15.